The van der Waals surface area contributed by atoms with E-state index in [0.717, 1.165) is 11.1 Å². The summed E-state index contributed by atoms with van der Waals surface area (Å²) in [5.41, 5.74) is 1.84. The molecule has 8 heteroatoms. The molecule has 1 aliphatic rings. The van der Waals surface area contributed by atoms with Gasteiger partial charge in [-0.3, -0.25) is 4.84 Å². The number of methoxy groups -OCH3 is 1. The zero-order valence-corrected chi connectivity index (χ0v) is 18.7. The molecule has 1 aliphatic heterocycles. The fourth-order valence-corrected chi connectivity index (χ4v) is 5.26. The van der Waals surface area contributed by atoms with Crippen molar-refractivity contribution in [3.05, 3.63) is 59.7 Å². The summed E-state index contributed by atoms with van der Waals surface area (Å²) in [5.74, 6) is 1.15. The van der Waals surface area contributed by atoms with Crippen LogP contribution in [0.2, 0.25) is 0 Å². The lowest BCUT2D eigenvalue weighted by Crippen LogP contribution is -2.42. The number of benzene rings is 2. The maximum Gasteiger partial charge on any atom is 0.219 e. The van der Waals surface area contributed by atoms with E-state index in [1.165, 1.54) is 0 Å². The Morgan fingerprint density at radius 3 is 2.60 bits per heavy atom. The van der Waals surface area contributed by atoms with E-state index in [-0.39, 0.29) is 12.6 Å². The lowest BCUT2D eigenvalue weighted by molar-refractivity contribution is -0.110. The first-order chi connectivity index (χ1) is 14.4. The van der Waals surface area contributed by atoms with Crippen molar-refractivity contribution in [2.45, 2.75) is 44.2 Å². The van der Waals surface area contributed by atoms with Crippen LogP contribution in [0.3, 0.4) is 0 Å². The van der Waals surface area contributed by atoms with E-state index in [1.54, 1.807) is 19.2 Å². The Bertz CT molecular complexity index is 936. The molecule has 0 radical (unpaired) electrons. The molecular weight excluding hydrogens is 404 g/mol. The summed E-state index contributed by atoms with van der Waals surface area (Å²) in [6.07, 6.45) is 0.717. The normalized spacial score (nSPS) is 20.8. The molecule has 30 heavy (non-hydrogen) atoms. The highest BCUT2D eigenvalue weighted by Gasteiger charge is 2.43. The van der Waals surface area contributed by atoms with Crippen molar-refractivity contribution < 1.29 is 22.7 Å². The average Bonchev–Trinajstić information content (AvgIpc) is 3.15. The molecule has 0 saturated carbocycles. The fraction of sp³-hybridized carbons (Fsp3) is 0.455. The van der Waals surface area contributed by atoms with Crippen LogP contribution in [0.15, 0.2) is 48.5 Å². The molecule has 0 aromatic heterocycles. The largest absolute Gasteiger partial charge is 0.493 e. The van der Waals surface area contributed by atoms with Gasteiger partial charge in [0, 0.05) is 13.1 Å². The third-order valence-electron chi connectivity index (χ3n) is 5.33. The first kappa shape index (κ1) is 22.6. The maximum atomic E-state index is 12.9. The number of hydroxylamine groups is 2. The van der Waals surface area contributed by atoms with Gasteiger partial charge >= 0.3 is 0 Å². The van der Waals surface area contributed by atoms with Crippen molar-refractivity contribution in [3.63, 3.8) is 0 Å². The van der Waals surface area contributed by atoms with Gasteiger partial charge in [0.25, 0.3) is 0 Å². The van der Waals surface area contributed by atoms with Crippen LogP contribution in [0.4, 0.5) is 0 Å². The summed E-state index contributed by atoms with van der Waals surface area (Å²) in [6, 6.07) is 14.8. The SMILES string of the molecule is CC[C@H](C)NS(=O)(=O)[C@@H]1CON(C)[C@H]1c1ccc(OCc2ccccc2)c(OC)c1. The van der Waals surface area contributed by atoms with E-state index in [1.807, 2.05) is 62.4 Å². The average molecular weight is 435 g/mol. The predicted octanol–water partition coefficient (Wildman–Crippen LogP) is 3.28. The van der Waals surface area contributed by atoms with E-state index in [0.29, 0.717) is 24.5 Å². The highest BCUT2D eigenvalue weighted by molar-refractivity contribution is 7.90. The molecule has 0 spiro atoms. The van der Waals surface area contributed by atoms with Gasteiger partial charge in [-0.05, 0) is 36.6 Å². The topological polar surface area (TPSA) is 77.1 Å². The Morgan fingerprint density at radius 1 is 1.20 bits per heavy atom. The van der Waals surface area contributed by atoms with Gasteiger partial charge < -0.3 is 9.47 Å². The van der Waals surface area contributed by atoms with Crippen LogP contribution >= 0.6 is 0 Å². The van der Waals surface area contributed by atoms with E-state index in [4.69, 9.17) is 14.3 Å². The Kier molecular flexibility index (Phi) is 7.36. The molecule has 0 amide bonds. The van der Waals surface area contributed by atoms with Crippen LogP contribution in [0, 0.1) is 0 Å². The van der Waals surface area contributed by atoms with Crippen LogP contribution in [0.1, 0.15) is 37.4 Å². The van der Waals surface area contributed by atoms with Crippen molar-refractivity contribution in [2.75, 3.05) is 20.8 Å². The molecule has 2 aromatic rings. The van der Waals surface area contributed by atoms with Gasteiger partial charge in [-0.25, -0.2) is 13.1 Å². The molecule has 0 aliphatic carbocycles. The zero-order valence-electron chi connectivity index (χ0n) is 17.9. The second-order valence-corrected chi connectivity index (χ2v) is 9.41. The van der Waals surface area contributed by atoms with Crippen molar-refractivity contribution in [1.29, 1.82) is 0 Å². The number of nitrogens with zero attached hydrogens (tertiary/aromatic N) is 1. The zero-order chi connectivity index (χ0) is 21.7. The molecule has 1 fully saturated rings. The van der Waals surface area contributed by atoms with Crippen LogP contribution < -0.4 is 14.2 Å². The Labute approximate surface area is 178 Å². The van der Waals surface area contributed by atoms with Gasteiger partial charge in [0.15, 0.2) is 11.5 Å². The summed E-state index contributed by atoms with van der Waals surface area (Å²) in [6.45, 7) is 4.31. The first-order valence-corrected chi connectivity index (χ1v) is 11.6. The summed E-state index contributed by atoms with van der Waals surface area (Å²) in [4.78, 5) is 5.59. The molecule has 3 atom stereocenters. The molecule has 2 aromatic carbocycles. The number of hydrogen-bond acceptors (Lipinski definition) is 6. The third-order valence-corrected chi connectivity index (χ3v) is 7.25. The van der Waals surface area contributed by atoms with Gasteiger partial charge in [0.05, 0.1) is 19.8 Å². The second-order valence-electron chi connectivity index (χ2n) is 7.48. The summed E-state index contributed by atoms with van der Waals surface area (Å²) in [5, 5.41) is 0.872. The van der Waals surface area contributed by atoms with Crippen LogP contribution in [-0.2, 0) is 21.5 Å². The summed E-state index contributed by atoms with van der Waals surface area (Å²) in [7, 11) is -0.249. The van der Waals surface area contributed by atoms with E-state index < -0.39 is 21.3 Å². The van der Waals surface area contributed by atoms with Crippen LogP contribution in [0.25, 0.3) is 0 Å². The molecule has 164 valence electrons. The van der Waals surface area contributed by atoms with Gasteiger partial charge in [0.1, 0.15) is 11.9 Å². The van der Waals surface area contributed by atoms with Crippen LogP contribution in [-0.4, -0.2) is 45.5 Å². The van der Waals surface area contributed by atoms with E-state index in [2.05, 4.69) is 4.72 Å². The van der Waals surface area contributed by atoms with Crippen molar-refractivity contribution >= 4 is 10.0 Å². The van der Waals surface area contributed by atoms with Crippen molar-refractivity contribution in [3.8, 4) is 11.5 Å². The quantitative estimate of drug-likeness (QED) is 0.653. The minimum Gasteiger partial charge on any atom is -0.493 e. The number of rotatable bonds is 9. The van der Waals surface area contributed by atoms with Crippen molar-refractivity contribution in [1.82, 2.24) is 9.79 Å². The molecule has 1 N–H and O–H groups in total. The van der Waals surface area contributed by atoms with E-state index >= 15 is 0 Å². The van der Waals surface area contributed by atoms with Gasteiger partial charge in [-0.15, -0.1) is 0 Å². The second kappa shape index (κ2) is 9.78. The highest BCUT2D eigenvalue weighted by atomic mass is 32.2. The standard InChI is InChI=1S/C22H30N2O5S/c1-5-16(2)23-30(25,26)21-15-29-24(3)22(21)18-11-12-19(20(13-18)27-4)28-14-17-9-7-6-8-10-17/h6-13,16,21-23H,5,14-15H2,1-4H3/t16-,21+,22-/m0/s1. The van der Waals surface area contributed by atoms with Crippen molar-refractivity contribution in [2.24, 2.45) is 0 Å². The molecule has 3 rings (SSSR count). The third kappa shape index (κ3) is 5.13. The molecule has 0 bridgehead atoms. The maximum absolute atomic E-state index is 12.9. The monoisotopic (exact) mass is 434 g/mol. The van der Waals surface area contributed by atoms with Gasteiger partial charge in [-0.2, -0.15) is 5.06 Å². The Balaban J connectivity index is 1.82. The van der Waals surface area contributed by atoms with E-state index in [9.17, 15) is 8.42 Å². The van der Waals surface area contributed by atoms with Gasteiger partial charge in [0.2, 0.25) is 10.0 Å². The first-order valence-electron chi connectivity index (χ1n) is 10.1. The molecule has 0 unspecified atom stereocenters. The lowest BCUT2D eigenvalue weighted by Gasteiger charge is -2.25. The number of hydrogen-bond donors (Lipinski definition) is 1. The number of nitrogens with one attached hydrogen (secondary N) is 1. The minimum atomic E-state index is -3.57. The molecule has 1 heterocycles. The molecular formula is C22H30N2O5S. The Morgan fingerprint density at radius 2 is 1.93 bits per heavy atom. The predicted molar refractivity (Wildman–Crippen MR) is 116 cm³/mol. The number of sulfonamides is 1. The van der Waals surface area contributed by atoms with Crippen LogP contribution in [0.5, 0.6) is 11.5 Å². The summed E-state index contributed by atoms with van der Waals surface area (Å²) >= 11 is 0. The fourth-order valence-electron chi connectivity index (χ4n) is 3.45. The smallest absolute Gasteiger partial charge is 0.219 e. The molecule has 7 nitrogen and oxygen atoms in total. The number of ether oxygens (including phenoxy) is 2. The lowest BCUT2D eigenvalue weighted by atomic mass is 10.0. The molecule has 1 saturated heterocycles. The minimum absolute atomic E-state index is 0.0987. The Hall–Kier alpha value is -2.13. The highest BCUT2D eigenvalue weighted by Crippen LogP contribution is 2.38. The summed E-state index contributed by atoms with van der Waals surface area (Å²) < 4.78 is 40.1. The van der Waals surface area contributed by atoms with Gasteiger partial charge in [-0.1, -0.05) is 43.3 Å².